The number of hydrogen-bond acceptors (Lipinski definition) is 1. The highest BCUT2D eigenvalue weighted by Crippen LogP contribution is 2.16. The van der Waals surface area contributed by atoms with Crippen LogP contribution in [0.5, 0.6) is 0 Å². The van der Waals surface area contributed by atoms with Crippen molar-refractivity contribution < 1.29 is 4.79 Å². The van der Waals surface area contributed by atoms with Gasteiger partial charge >= 0.3 is 0 Å². The minimum Gasteiger partial charge on any atom is -0.366 e. The lowest BCUT2D eigenvalue weighted by molar-refractivity contribution is 0.1000. The molecule has 2 nitrogen and oxygen atoms in total. The van der Waals surface area contributed by atoms with E-state index in [1.54, 1.807) is 6.07 Å². The third kappa shape index (κ3) is 4.85. The van der Waals surface area contributed by atoms with Crippen LogP contribution < -0.4 is 5.73 Å². The van der Waals surface area contributed by atoms with Gasteiger partial charge in [-0.1, -0.05) is 38.5 Å². The van der Waals surface area contributed by atoms with Gasteiger partial charge in [0.25, 0.3) is 0 Å². The fourth-order valence-electron chi connectivity index (χ4n) is 1.52. The van der Waals surface area contributed by atoms with Crippen LogP contribution in [0.15, 0.2) is 23.8 Å². The van der Waals surface area contributed by atoms with Crippen molar-refractivity contribution in [1.82, 2.24) is 0 Å². The summed E-state index contributed by atoms with van der Waals surface area (Å²) in [4.78, 5) is 11.0. The number of benzene rings is 1. The van der Waals surface area contributed by atoms with Gasteiger partial charge in [-0.05, 0) is 43.5 Å². The summed E-state index contributed by atoms with van der Waals surface area (Å²) in [5.41, 5.74) is 9.39. The normalized spacial score (nSPS) is 9.00. The SMILES string of the molecule is CC.CCc1cc(C(N)=O)ccc1C=C(C)C. The molecule has 1 aromatic carbocycles. The Hall–Kier alpha value is -1.57. The first-order chi connectivity index (χ1) is 8.04. The van der Waals surface area contributed by atoms with Crippen LogP contribution in [0.25, 0.3) is 6.08 Å². The maximum absolute atomic E-state index is 11.0. The van der Waals surface area contributed by atoms with Crippen LogP contribution in [-0.4, -0.2) is 5.91 Å². The number of carbonyl (C=O) groups is 1. The Morgan fingerprint density at radius 3 is 2.29 bits per heavy atom. The number of allylic oxidation sites excluding steroid dienone is 1. The summed E-state index contributed by atoms with van der Waals surface area (Å²) in [6.07, 6.45) is 3.02. The third-order valence-electron chi connectivity index (χ3n) is 2.25. The fourth-order valence-corrected chi connectivity index (χ4v) is 1.52. The van der Waals surface area contributed by atoms with E-state index in [9.17, 15) is 4.79 Å². The monoisotopic (exact) mass is 233 g/mol. The number of hydrogen-bond donors (Lipinski definition) is 1. The van der Waals surface area contributed by atoms with E-state index in [0.717, 1.165) is 12.0 Å². The van der Waals surface area contributed by atoms with Crippen molar-refractivity contribution >= 4 is 12.0 Å². The molecule has 0 aromatic heterocycles. The second-order valence-electron chi connectivity index (χ2n) is 3.85. The Morgan fingerprint density at radius 1 is 1.29 bits per heavy atom. The van der Waals surface area contributed by atoms with Crippen molar-refractivity contribution in [1.29, 1.82) is 0 Å². The van der Waals surface area contributed by atoms with Crippen LogP contribution in [0.3, 0.4) is 0 Å². The summed E-state index contributed by atoms with van der Waals surface area (Å²) in [7, 11) is 0. The van der Waals surface area contributed by atoms with E-state index >= 15 is 0 Å². The van der Waals surface area contributed by atoms with E-state index in [1.165, 1.54) is 11.1 Å². The van der Waals surface area contributed by atoms with Crippen LogP contribution in [0, 0.1) is 0 Å². The summed E-state index contributed by atoms with van der Waals surface area (Å²) < 4.78 is 0. The Balaban J connectivity index is 0.00000121. The molecule has 0 spiro atoms. The lowest BCUT2D eigenvalue weighted by Gasteiger charge is -2.06. The van der Waals surface area contributed by atoms with E-state index < -0.39 is 0 Å². The zero-order valence-corrected chi connectivity index (χ0v) is 11.5. The lowest BCUT2D eigenvalue weighted by Crippen LogP contribution is -2.11. The van der Waals surface area contributed by atoms with Crippen LogP contribution in [0.2, 0.25) is 0 Å². The van der Waals surface area contributed by atoms with Crippen molar-refractivity contribution in [2.24, 2.45) is 5.73 Å². The summed E-state index contributed by atoms with van der Waals surface area (Å²) >= 11 is 0. The maximum atomic E-state index is 11.0. The zero-order chi connectivity index (χ0) is 13.4. The average Bonchev–Trinajstić information content (AvgIpc) is 2.31. The first kappa shape index (κ1) is 15.4. The molecule has 0 bridgehead atoms. The molecule has 0 aliphatic rings. The largest absolute Gasteiger partial charge is 0.366 e. The molecule has 2 N–H and O–H groups in total. The van der Waals surface area contributed by atoms with Gasteiger partial charge in [0, 0.05) is 5.56 Å². The molecule has 0 aliphatic heterocycles. The van der Waals surface area contributed by atoms with Gasteiger partial charge in [0.2, 0.25) is 5.91 Å². The number of nitrogens with two attached hydrogens (primary N) is 1. The average molecular weight is 233 g/mol. The molecule has 0 atom stereocenters. The van der Waals surface area contributed by atoms with Gasteiger partial charge in [-0.25, -0.2) is 0 Å². The number of rotatable bonds is 3. The third-order valence-corrected chi connectivity index (χ3v) is 2.25. The Bertz CT molecular complexity index is 401. The molecular weight excluding hydrogens is 210 g/mol. The first-order valence-electron chi connectivity index (χ1n) is 6.12. The molecule has 0 radical (unpaired) electrons. The van der Waals surface area contributed by atoms with Gasteiger partial charge < -0.3 is 5.73 Å². The molecule has 94 valence electrons. The van der Waals surface area contributed by atoms with Crippen molar-refractivity contribution in [2.75, 3.05) is 0 Å². The molecule has 0 unspecified atom stereocenters. The standard InChI is InChI=1S/C13H17NO.C2H6/c1-4-10-8-12(13(14)15)6-5-11(10)7-9(2)3;1-2/h5-8H,4H2,1-3H3,(H2,14,15);1-2H3. The highest BCUT2D eigenvalue weighted by molar-refractivity contribution is 5.93. The summed E-state index contributed by atoms with van der Waals surface area (Å²) in [5.74, 6) is -0.367. The topological polar surface area (TPSA) is 43.1 Å². The highest BCUT2D eigenvalue weighted by Gasteiger charge is 2.04. The van der Waals surface area contributed by atoms with Crippen LogP contribution >= 0.6 is 0 Å². The number of carbonyl (C=O) groups excluding carboxylic acids is 1. The minimum absolute atomic E-state index is 0.367. The van der Waals surface area contributed by atoms with Crippen molar-refractivity contribution in [2.45, 2.75) is 41.0 Å². The van der Waals surface area contributed by atoms with Gasteiger partial charge in [-0.15, -0.1) is 0 Å². The summed E-state index contributed by atoms with van der Waals surface area (Å²) in [6, 6.07) is 5.60. The van der Waals surface area contributed by atoms with Gasteiger partial charge in [0.1, 0.15) is 0 Å². The zero-order valence-electron chi connectivity index (χ0n) is 11.5. The second-order valence-corrected chi connectivity index (χ2v) is 3.85. The van der Waals surface area contributed by atoms with Crippen molar-refractivity contribution in [3.8, 4) is 0 Å². The predicted molar refractivity (Wildman–Crippen MR) is 75.0 cm³/mol. The Kier molecular flexibility index (Phi) is 6.95. The predicted octanol–water partition coefficient (Wildman–Crippen LogP) is 3.80. The molecule has 0 saturated heterocycles. The Labute approximate surface area is 105 Å². The molecule has 0 saturated carbocycles. The van der Waals surface area contributed by atoms with Crippen molar-refractivity contribution in [3.63, 3.8) is 0 Å². The van der Waals surface area contributed by atoms with Crippen LogP contribution in [-0.2, 0) is 6.42 Å². The molecule has 0 fully saturated rings. The van der Waals surface area contributed by atoms with E-state index in [-0.39, 0.29) is 5.91 Å². The molecular formula is C15H23NO. The van der Waals surface area contributed by atoms with E-state index in [2.05, 4.69) is 26.8 Å². The number of amides is 1. The highest BCUT2D eigenvalue weighted by atomic mass is 16.1. The van der Waals surface area contributed by atoms with E-state index in [4.69, 9.17) is 5.73 Å². The minimum atomic E-state index is -0.367. The smallest absolute Gasteiger partial charge is 0.248 e. The molecule has 1 amide bonds. The number of primary amides is 1. The van der Waals surface area contributed by atoms with Crippen LogP contribution in [0.1, 0.15) is 56.1 Å². The molecule has 0 heterocycles. The molecule has 1 rings (SSSR count). The van der Waals surface area contributed by atoms with Gasteiger partial charge in [-0.3, -0.25) is 4.79 Å². The lowest BCUT2D eigenvalue weighted by atomic mass is 10.00. The summed E-state index contributed by atoms with van der Waals surface area (Å²) in [5, 5.41) is 0. The summed E-state index contributed by atoms with van der Waals surface area (Å²) in [6.45, 7) is 10.2. The molecule has 1 aromatic rings. The van der Waals surface area contributed by atoms with Crippen molar-refractivity contribution in [3.05, 3.63) is 40.5 Å². The second kappa shape index (κ2) is 7.66. The van der Waals surface area contributed by atoms with Gasteiger partial charge in [0.15, 0.2) is 0 Å². The quantitative estimate of drug-likeness (QED) is 0.847. The fraction of sp³-hybridized carbons (Fsp3) is 0.400. The molecule has 2 heteroatoms. The Morgan fingerprint density at radius 2 is 1.88 bits per heavy atom. The molecule has 0 aliphatic carbocycles. The number of aryl methyl sites for hydroxylation is 1. The van der Waals surface area contributed by atoms with Crippen LogP contribution in [0.4, 0.5) is 0 Å². The van der Waals surface area contributed by atoms with Gasteiger partial charge in [0.05, 0.1) is 0 Å². The molecule has 17 heavy (non-hydrogen) atoms. The maximum Gasteiger partial charge on any atom is 0.248 e. The first-order valence-corrected chi connectivity index (χ1v) is 6.12. The van der Waals surface area contributed by atoms with E-state index in [0.29, 0.717) is 5.56 Å². The van der Waals surface area contributed by atoms with E-state index in [1.807, 2.05) is 26.0 Å². The van der Waals surface area contributed by atoms with Gasteiger partial charge in [-0.2, -0.15) is 0 Å².